The minimum atomic E-state index is -0.0906. The normalized spacial score (nSPS) is 12.4. The average Bonchev–Trinajstić information content (AvgIpc) is 2.21. The van der Waals surface area contributed by atoms with E-state index in [2.05, 4.69) is 5.18 Å². The van der Waals surface area contributed by atoms with Crippen LogP contribution in [0.4, 0.5) is 0 Å². The van der Waals surface area contributed by atoms with Crippen molar-refractivity contribution in [2.45, 2.75) is 32.2 Å². The zero-order valence-corrected chi connectivity index (χ0v) is 8.31. The zero-order chi connectivity index (χ0) is 10.4. The standard InChI is InChI=1S/C11H15NO2/c1-9(12-14)3-2-4-10-5-7-11(13)8-6-10/h5-9,13H,2-4H2,1H3. The fourth-order valence-electron chi connectivity index (χ4n) is 1.32. The molecule has 0 spiro atoms. The molecule has 0 heterocycles. The lowest BCUT2D eigenvalue weighted by Crippen LogP contribution is -1.97. The first kappa shape index (κ1) is 10.7. The van der Waals surface area contributed by atoms with Gasteiger partial charge >= 0.3 is 0 Å². The van der Waals surface area contributed by atoms with Crippen LogP contribution in [-0.2, 0) is 6.42 Å². The Morgan fingerprint density at radius 3 is 2.57 bits per heavy atom. The number of phenols is 1. The minimum absolute atomic E-state index is 0.0906. The second kappa shape index (κ2) is 5.37. The molecule has 0 aliphatic heterocycles. The van der Waals surface area contributed by atoms with Crippen molar-refractivity contribution in [2.75, 3.05) is 0 Å². The molecular weight excluding hydrogens is 178 g/mol. The number of hydrogen-bond donors (Lipinski definition) is 1. The van der Waals surface area contributed by atoms with E-state index in [0.29, 0.717) is 0 Å². The predicted octanol–water partition coefficient (Wildman–Crippen LogP) is 2.87. The quantitative estimate of drug-likeness (QED) is 0.731. The van der Waals surface area contributed by atoms with Crippen molar-refractivity contribution in [1.82, 2.24) is 0 Å². The Labute approximate surface area is 83.7 Å². The lowest BCUT2D eigenvalue weighted by molar-refractivity contribution is 0.475. The Balaban J connectivity index is 2.31. The van der Waals surface area contributed by atoms with E-state index in [1.54, 1.807) is 12.1 Å². The number of nitroso groups, excluding NO2 is 1. The van der Waals surface area contributed by atoms with Crippen LogP contribution in [0.3, 0.4) is 0 Å². The summed E-state index contributed by atoms with van der Waals surface area (Å²) in [5.74, 6) is 0.289. The molecule has 0 aromatic heterocycles. The van der Waals surface area contributed by atoms with Crippen LogP contribution in [-0.4, -0.2) is 11.1 Å². The molecule has 0 amide bonds. The van der Waals surface area contributed by atoms with E-state index in [1.807, 2.05) is 19.1 Å². The second-order valence-electron chi connectivity index (χ2n) is 3.51. The number of rotatable bonds is 5. The van der Waals surface area contributed by atoms with Crippen LogP contribution in [0.1, 0.15) is 25.3 Å². The third-order valence-electron chi connectivity index (χ3n) is 2.20. The number of aromatic hydroxyl groups is 1. The first-order valence-electron chi connectivity index (χ1n) is 4.82. The van der Waals surface area contributed by atoms with E-state index >= 15 is 0 Å². The third kappa shape index (κ3) is 3.56. The highest BCUT2D eigenvalue weighted by Crippen LogP contribution is 2.12. The molecule has 0 saturated carbocycles. The number of phenolic OH excluding ortho intramolecular Hbond substituents is 1. The molecular formula is C11H15NO2. The molecule has 1 unspecified atom stereocenters. The van der Waals surface area contributed by atoms with Gasteiger partial charge in [-0.25, -0.2) is 0 Å². The third-order valence-corrected chi connectivity index (χ3v) is 2.20. The monoisotopic (exact) mass is 193 g/mol. The van der Waals surface area contributed by atoms with Crippen LogP contribution >= 0.6 is 0 Å². The highest BCUT2D eigenvalue weighted by Gasteiger charge is 2.00. The summed E-state index contributed by atoms with van der Waals surface area (Å²) in [5.41, 5.74) is 1.18. The minimum Gasteiger partial charge on any atom is -0.508 e. The molecule has 0 saturated heterocycles. The lowest BCUT2D eigenvalue weighted by Gasteiger charge is -2.02. The van der Waals surface area contributed by atoms with E-state index < -0.39 is 0 Å². The van der Waals surface area contributed by atoms with Gasteiger partial charge in [0.25, 0.3) is 0 Å². The molecule has 1 rings (SSSR count). The second-order valence-corrected chi connectivity index (χ2v) is 3.51. The summed E-state index contributed by atoms with van der Waals surface area (Å²) in [6.07, 6.45) is 2.71. The Hall–Kier alpha value is -1.38. The van der Waals surface area contributed by atoms with Crippen molar-refractivity contribution in [2.24, 2.45) is 5.18 Å². The van der Waals surface area contributed by atoms with Crippen molar-refractivity contribution < 1.29 is 5.11 Å². The molecule has 0 aliphatic carbocycles. The molecule has 3 nitrogen and oxygen atoms in total. The fourth-order valence-corrected chi connectivity index (χ4v) is 1.32. The SMILES string of the molecule is CC(CCCc1ccc(O)cc1)N=O. The van der Waals surface area contributed by atoms with Crippen LogP contribution in [0.2, 0.25) is 0 Å². The molecule has 76 valence electrons. The molecule has 0 bridgehead atoms. The molecule has 1 aromatic carbocycles. The van der Waals surface area contributed by atoms with Crippen molar-refractivity contribution in [3.63, 3.8) is 0 Å². The summed E-state index contributed by atoms with van der Waals surface area (Å²) in [6, 6.07) is 7.06. The molecule has 0 radical (unpaired) electrons. The van der Waals surface area contributed by atoms with Crippen LogP contribution in [0.25, 0.3) is 0 Å². The van der Waals surface area contributed by atoms with E-state index in [1.165, 1.54) is 5.56 Å². The van der Waals surface area contributed by atoms with Crippen LogP contribution in [0.5, 0.6) is 5.75 Å². The number of aryl methyl sites for hydroxylation is 1. The van der Waals surface area contributed by atoms with Gasteiger partial charge in [0.1, 0.15) is 5.75 Å². The van der Waals surface area contributed by atoms with Gasteiger partial charge in [-0.05, 0) is 43.9 Å². The predicted molar refractivity (Wildman–Crippen MR) is 56.3 cm³/mol. The van der Waals surface area contributed by atoms with Gasteiger partial charge in [-0.2, -0.15) is 4.91 Å². The van der Waals surface area contributed by atoms with Gasteiger partial charge in [-0.3, -0.25) is 0 Å². The maximum absolute atomic E-state index is 10.1. The Morgan fingerprint density at radius 1 is 1.36 bits per heavy atom. The molecule has 14 heavy (non-hydrogen) atoms. The van der Waals surface area contributed by atoms with Gasteiger partial charge in [0.2, 0.25) is 0 Å². The Kier molecular flexibility index (Phi) is 4.11. The summed E-state index contributed by atoms with van der Waals surface area (Å²) in [5, 5.41) is 12.0. The van der Waals surface area contributed by atoms with Gasteiger partial charge in [0.05, 0.1) is 6.04 Å². The van der Waals surface area contributed by atoms with Gasteiger partial charge < -0.3 is 5.11 Å². The molecule has 3 heteroatoms. The molecule has 0 aliphatic rings. The zero-order valence-electron chi connectivity index (χ0n) is 8.31. The summed E-state index contributed by atoms with van der Waals surface area (Å²) in [7, 11) is 0. The maximum atomic E-state index is 10.1. The van der Waals surface area contributed by atoms with Gasteiger partial charge in [0.15, 0.2) is 0 Å². The number of benzene rings is 1. The van der Waals surface area contributed by atoms with Crippen molar-refractivity contribution in [1.29, 1.82) is 0 Å². The topological polar surface area (TPSA) is 49.7 Å². The molecule has 0 fully saturated rings. The van der Waals surface area contributed by atoms with Gasteiger partial charge in [-0.1, -0.05) is 17.3 Å². The maximum Gasteiger partial charge on any atom is 0.115 e. The number of nitrogens with zero attached hydrogens (tertiary/aromatic N) is 1. The summed E-state index contributed by atoms with van der Waals surface area (Å²) in [4.78, 5) is 10.1. The van der Waals surface area contributed by atoms with E-state index in [9.17, 15) is 4.91 Å². The molecule has 1 aromatic rings. The Morgan fingerprint density at radius 2 is 2.00 bits per heavy atom. The lowest BCUT2D eigenvalue weighted by atomic mass is 10.1. The fraction of sp³-hybridized carbons (Fsp3) is 0.455. The van der Waals surface area contributed by atoms with Gasteiger partial charge in [-0.15, -0.1) is 0 Å². The van der Waals surface area contributed by atoms with Crippen molar-refractivity contribution >= 4 is 0 Å². The summed E-state index contributed by atoms with van der Waals surface area (Å²) in [6.45, 7) is 1.82. The summed E-state index contributed by atoms with van der Waals surface area (Å²) < 4.78 is 0. The molecule has 1 N–H and O–H groups in total. The molecule has 1 atom stereocenters. The number of hydrogen-bond acceptors (Lipinski definition) is 3. The first-order valence-corrected chi connectivity index (χ1v) is 4.82. The highest BCUT2D eigenvalue weighted by atomic mass is 16.3. The van der Waals surface area contributed by atoms with Crippen LogP contribution < -0.4 is 0 Å². The largest absolute Gasteiger partial charge is 0.508 e. The van der Waals surface area contributed by atoms with E-state index in [0.717, 1.165) is 19.3 Å². The van der Waals surface area contributed by atoms with Crippen LogP contribution in [0, 0.1) is 4.91 Å². The van der Waals surface area contributed by atoms with Crippen molar-refractivity contribution in [3.8, 4) is 5.75 Å². The van der Waals surface area contributed by atoms with E-state index in [4.69, 9.17) is 5.11 Å². The van der Waals surface area contributed by atoms with Crippen LogP contribution in [0.15, 0.2) is 29.4 Å². The van der Waals surface area contributed by atoms with Gasteiger partial charge in [0, 0.05) is 0 Å². The average molecular weight is 193 g/mol. The Bertz CT molecular complexity index is 282. The summed E-state index contributed by atoms with van der Waals surface area (Å²) >= 11 is 0. The van der Waals surface area contributed by atoms with Crippen molar-refractivity contribution in [3.05, 3.63) is 34.7 Å². The highest BCUT2D eigenvalue weighted by molar-refractivity contribution is 5.25. The first-order chi connectivity index (χ1) is 6.72. The van der Waals surface area contributed by atoms with E-state index in [-0.39, 0.29) is 11.8 Å². The smallest absolute Gasteiger partial charge is 0.115 e.